The molecule has 2 aliphatic heterocycles. The van der Waals surface area contributed by atoms with E-state index in [-0.39, 0.29) is 41.9 Å². The molecule has 9 unspecified atom stereocenters. The Kier molecular flexibility index (Phi) is 18.0. The third-order valence-corrected chi connectivity index (χ3v) is 10.8. The maximum Gasteiger partial charge on any atom is 0.306 e. The molecule has 2 aliphatic rings. The van der Waals surface area contributed by atoms with Gasteiger partial charge in [0.1, 0.15) is 12.1 Å². The van der Waals surface area contributed by atoms with Crippen LogP contribution in [-0.4, -0.2) is 122 Å². The second-order valence-corrected chi connectivity index (χ2v) is 14.4. The van der Waals surface area contributed by atoms with Gasteiger partial charge in [-0.05, 0) is 44.6 Å². The molecule has 0 radical (unpaired) electrons. The lowest BCUT2D eigenvalue weighted by atomic mass is 9.90. The first kappa shape index (κ1) is 42.4. The highest BCUT2D eigenvalue weighted by Gasteiger charge is 2.44. The van der Waals surface area contributed by atoms with Crippen LogP contribution in [0.4, 0.5) is 0 Å². The van der Waals surface area contributed by atoms with E-state index in [2.05, 4.69) is 16.0 Å². The van der Waals surface area contributed by atoms with E-state index in [0.717, 1.165) is 38.5 Å². The number of carboxylic acids is 1. The summed E-state index contributed by atoms with van der Waals surface area (Å²) in [5.41, 5.74) is 0. The van der Waals surface area contributed by atoms with Gasteiger partial charge in [0, 0.05) is 27.8 Å². The predicted octanol–water partition coefficient (Wildman–Crippen LogP) is 2.95. The number of ether oxygens (including phenoxy) is 2. The van der Waals surface area contributed by atoms with Crippen molar-refractivity contribution in [3.05, 3.63) is 0 Å². The van der Waals surface area contributed by atoms with Gasteiger partial charge in [-0.1, -0.05) is 73.1 Å². The number of methoxy groups -OCH3 is 2. The summed E-state index contributed by atoms with van der Waals surface area (Å²) in [6.45, 7) is 9.95. The summed E-state index contributed by atoms with van der Waals surface area (Å²) in [5.74, 6) is -2.91. The van der Waals surface area contributed by atoms with Crippen molar-refractivity contribution in [2.24, 2.45) is 17.8 Å². The maximum atomic E-state index is 14.5. The molecule has 2 saturated heterocycles. The van der Waals surface area contributed by atoms with Crippen LogP contribution in [0.1, 0.15) is 105 Å². The number of likely N-dealkylation sites (N-methyl/N-ethyl adjacent to an activating group) is 2. The molecule has 49 heavy (non-hydrogen) atoms. The van der Waals surface area contributed by atoms with Crippen LogP contribution in [-0.2, 0) is 33.4 Å². The Morgan fingerprint density at radius 2 is 1.59 bits per heavy atom. The highest BCUT2D eigenvalue weighted by molar-refractivity contribution is 5.93. The minimum Gasteiger partial charge on any atom is -0.481 e. The zero-order valence-electron chi connectivity index (χ0n) is 31.5. The lowest BCUT2D eigenvalue weighted by Crippen LogP contribution is -2.60. The molecule has 4 N–H and O–H groups in total. The number of rotatable bonds is 14. The molecule has 0 saturated carbocycles. The molecule has 0 aromatic carbocycles. The summed E-state index contributed by atoms with van der Waals surface area (Å²) in [4.78, 5) is 70.3. The first-order chi connectivity index (χ1) is 23.2. The van der Waals surface area contributed by atoms with Crippen molar-refractivity contribution in [3.8, 4) is 0 Å². The zero-order chi connectivity index (χ0) is 36.8. The van der Waals surface area contributed by atoms with Gasteiger partial charge in [-0.2, -0.15) is 0 Å². The normalized spacial score (nSPS) is 26.3. The second-order valence-electron chi connectivity index (χ2n) is 14.4. The van der Waals surface area contributed by atoms with Gasteiger partial charge in [0.15, 0.2) is 0 Å². The Morgan fingerprint density at radius 3 is 2.14 bits per heavy atom. The number of hydrogen-bond donors (Lipinski definition) is 4. The van der Waals surface area contributed by atoms with Gasteiger partial charge in [-0.3, -0.25) is 24.0 Å². The maximum absolute atomic E-state index is 14.5. The molecule has 2 fully saturated rings. The van der Waals surface area contributed by atoms with Gasteiger partial charge in [-0.25, -0.2) is 0 Å². The highest BCUT2D eigenvalue weighted by atomic mass is 16.5. The number of likely N-dealkylation sites (tertiary alicyclic amines) is 1. The fourth-order valence-electron chi connectivity index (χ4n) is 7.37. The fourth-order valence-corrected chi connectivity index (χ4v) is 7.37. The number of nitrogens with zero attached hydrogens (tertiary/aromatic N) is 2. The number of amides is 4. The third-order valence-electron chi connectivity index (χ3n) is 10.8. The van der Waals surface area contributed by atoms with Crippen molar-refractivity contribution in [3.63, 3.8) is 0 Å². The summed E-state index contributed by atoms with van der Waals surface area (Å²) in [6, 6.07) is -2.84. The molecule has 0 bridgehead atoms. The van der Waals surface area contributed by atoms with Gasteiger partial charge in [0.25, 0.3) is 0 Å². The van der Waals surface area contributed by atoms with E-state index in [1.807, 2.05) is 27.7 Å². The average molecular weight is 696 g/mol. The Labute approximate surface area is 293 Å². The summed E-state index contributed by atoms with van der Waals surface area (Å²) >= 11 is 0. The van der Waals surface area contributed by atoms with Crippen LogP contribution in [0.2, 0.25) is 0 Å². The van der Waals surface area contributed by atoms with Crippen molar-refractivity contribution in [2.45, 2.75) is 148 Å². The molecule has 0 aromatic rings. The third kappa shape index (κ3) is 11.6. The van der Waals surface area contributed by atoms with E-state index < -0.39 is 54.3 Å². The smallest absolute Gasteiger partial charge is 0.306 e. The molecular weight excluding hydrogens is 630 g/mol. The van der Waals surface area contributed by atoms with Gasteiger partial charge >= 0.3 is 5.97 Å². The van der Waals surface area contributed by atoms with E-state index in [1.54, 1.807) is 25.9 Å². The Bertz CT molecular complexity index is 1090. The van der Waals surface area contributed by atoms with Crippen molar-refractivity contribution in [1.29, 1.82) is 0 Å². The molecule has 2 rings (SSSR count). The van der Waals surface area contributed by atoms with E-state index in [9.17, 15) is 29.1 Å². The molecule has 13 nitrogen and oxygen atoms in total. The molecule has 0 aliphatic carbocycles. The van der Waals surface area contributed by atoms with Gasteiger partial charge in [0.2, 0.25) is 23.6 Å². The van der Waals surface area contributed by atoms with Gasteiger partial charge < -0.3 is 40.3 Å². The average Bonchev–Trinajstić information content (AvgIpc) is 3.55. The monoisotopic (exact) mass is 695 g/mol. The molecule has 0 aromatic heterocycles. The van der Waals surface area contributed by atoms with Crippen LogP contribution < -0.4 is 16.0 Å². The zero-order valence-corrected chi connectivity index (χ0v) is 31.5. The lowest BCUT2D eigenvalue weighted by Gasteiger charge is -2.39. The van der Waals surface area contributed by atoms with Gasteiger partial charge in [-0.15, -0.1) is 0 Å². The number of nitrogens with one attached hydrogen (secondary N) is 3. The van der Waals surface area contributed by atoms with Crippen molar-refractivity contribution >= 4 is 29.6 Å². The lowest BCUT2D eigenvalue weighted by molar-refractivity contribution is -0.150. The van der Waals surface area contributed by atoms with Crippen molar-refractivity contribution < 1.29 is 38.6 Å². The molecule has 9 atom stereocenters. The number of carbonyl (C=O) groups is 5. The van der Waals surface area contributed by atoms with Crippen LogP contribution in [0.15, 0.2) is 0 Å². The highest BCUT2D eigenvalue weighted by Crippen LogP contribution is 2.29. The van der Waals surface area contributed by atoms with E-state index in [1.165, 1.54) is 19.1 Å². The Morgan fingerprint density at radius 1 is 0.959 bits per heavy atom. The largest absolute Gasteiger partial charge is 0.481 e. The molecular formula is C36H65N5O8. The summed E-state index contributed by atoms with van der Waals surface area (Å²) in [5, 5.41) is 18.6. The van der Waals surface area contributed by atoms with Crippen LogP contribution in [0, 0.1) is 17.8 Å². The number of aliphatic carboxylic acids is 1. The Balaban J connectivity index is 2.35. The number of hydrogen-bond acceptors (Lipinski definition) is 8. The quantitative estimate of drug-likeness (QED) is 0.214. The van der Waals surface area contributed by atoms with Gasteiger partial charge in [0.05, 0.1) is 42.7 Å². The van der Waals surface area contributed by atoms with Crippen LogP contribution in [0.25, 0.3) is 0 Å². The Hall–Kier alpha value is -2.77. The number of carbonyl (C=O) groups excluding carboxylic acids is 4. The van der Waals surface area contributed by atoms with E-state index in [0.29, 0.717) is 32.2 Å². The standard InChI is InChI=1S/C36H65N5O8/c1-10-23(4)31(28(48-8)21-29(42)43)39-33(44)24(5)32(49-9)26-19-16-20-41(26)35(46)27-18-15-13-11-12-14-17-25(37-6)34(45)38-30(22(2)3)36(47)40(27)7/h22-28,30-32,37H,10-21H2,1-9H3,(H,38,45)(H,39,44)(H,42,43). The molecule has 282 valence electrons. The molecule has 4 amide bonds. The fraction of sp³-hybridized carbons (Fsp3) is 0.861. The topological polar surface area (TPSA) is 167 Å². The van der Waals surface area contributed by atoms with Crippen LogP contribution in [0.5, 0.6) is 0 Å². The summed E-state index contributed by atoms with van der Waals surface area (Å²) < 4.78 is 11.5. The van der Waals surface area contributed by atoms with E-state index in [4.69, 9.17) is 9.47 Å². The first-order valence-corrected chi connectivity index (χ1v) is 18.4. The molecule has 13 heteroatoms. The minimum absolute atomic E-state index is 0.0441. The SMILES string of the molecule is CCC(C)C(NC(=O)C(C)C(OC)C1CCCN1C(=O)C1CCCCCCCC(NC)C(=O)NC(C(C)C)C(=O)N1C)C(CC(=O)O)OC. The van der Waals surface area contributed by atoms with Crippen molar-refractivity contribution in [2.75, 3.05) is 34.9 Å². The van der Waals surface area contributed by atoms with Crippen molar-refractivity contribution in [1.82, 2.24) is 25.8 Å². The first-order valence-electron chi connectivity index (χ1n) is 18.4. The second kappa shape index (κ2) is 20.8. The minimum atomic E-state index is -1.01. The van der Waals surface area contributed by atoms with E-state index >= 15 is 0 Å². The summed E-state index contributed by atoms with van der Waals surface area (Å²) in [7, 11) is 6.39. The number of carboxylic acid groups (broad SMARTS) is 1. The molecule has 0 spiro atoms. The predicted molar refractivity (Wildman–Crippen MR) is 188 cm³/mol. The molecule has 2 heterocycles. The summed E-state index contributed by atoms with van der Waals surface area (Å²) in [6.07, 6.45) is 6.22. The van der Waals surface area contributed by atoms with Crippen LogP contribution in [0.3, 0.4) is 0 Å². The van der Waals surface area contributed by atoms with Crippen LogP contribution >= 0.6 is 0 Å².